The Hall–Kier alpha value is -1.83. The van der Waals surface area contributed by atoms with E-state index in [1.807, 2.05) is 54.6 Å². The molecule has 0 radical (unpaired) electrons. The van der Waals surface area contributed by atoms with Gasteiger partial charge in [0.2, 0.25) is 0 Å². The minimum atomic E-state index is -0.106. The first kappa shape index (κ1) is 18.0. The summed E-state index contributed by atoms with van der Waals surface area (Å²) < 4.78 is 6.87. The van der Waals surface area contributed by atoms with Gasteiger partial charge in [-0.1, -0.05) is 58.1 Å². The molecule has 1 amide bonds. The second-order valence-corrected chi connectivity index (χ2v) is 7.78. The number of carbonyl (C=O) groups is 1. The number of methoxy groups -OCH3 is 1. The van der Waals surface area contributed by atoms with Crippen molar-refractivity contribution in [2.75, 3.05) is 19.1 Å². The fourth-order valence-electron chi connectivity index (χ4n) is 2.30. The van der Waals surface area contributed by atoms with Crippen LogP contribution in [0.3, 0.4) is 0 Å². The highest BCUT2D eigenvalue weighted by Crippen LogP contribution is 2.34. The molecule has 0 bridgehead atoms. The number of rotatable bonds is 5. The van der Waals surface area contributed by atoms with E-state index < -0.39 is 0 Å². The van der Waals surface area contributed by atoms with Crippen LogP contribution >= 0.6 is 39.9 Å². The molecule has 0 saturated carbocycles. The molecular formula is C18H15BrN2O2S2. The van der Waals surface area contributed by atoms with Gasteiger partial charge in [0.1, 0.15) is 10.1 Å². The van der Waals surface area contributed by atoms with E-state index in [0.29, 0.717) is 15.9 Å². The molecule has 1 N–H and O–H groups in total. The van der Waals surface area contributed by atoms with Crippen LogP contribution in [0.4, 0.5) is 5.69 Å². The highest BCUT2D eigenvalue weighted by Gasteiger charge is 2.31. The van der Waals surface area contributed by atoms with Gasteiger partial charge in [0, 0.05) is 15.7 Å². The average Bonchev–Trinajstić information content (AvgIpc) is 2.88. The highest BCUT2D eigenvalue weighted by molar-refractivity contribution is 9.10. The Morgan fingerprint density at radius 2 is 1.96 bits per heavy atom. The molecule has 1 aliphatic heterocycles. The summed E-state index contributed by atoms with van der Waals surface area (Å²) in [5.74, 6) is 0.617. The molecule has 128 valence electrons. The van der Waals surface area contributed by atoms with E-state index in [9.17, 15) is 4.79 Å². The lowest BCUT2D eigenvalue weighted by atomic mass is 10.2. The second-order valence-electron chi connectivity index (χ2n) is 5.19. The van der Waals surface area contributed by atoms with Gasteiger partial charge in [-0.05, 0) is 36.4 Å². The monoisotopic (exact) mass is 434 g/mol. The van der Waals surface area contributed by atoms with Crippen molar-refractivity contribution in [3.8, 4) is 5.75 Å². The molecule has 25 heavy (non-hydrogen) atoms. The van der Waals surface area contributed by atoms with Gasteiger partial charge in [0.05, 0.1) is 18.7 Å². The van der Waals surface area contributed by atoms with Gasteiger partial charge in [-0.15, -0.1) is 0 Å². The van der Waals surface area contributed by atoms with Crippen LogP contribution in [0.1, 0.15) is 5.56 Å². The van der Waals surface area contributed by atoms with Gasteiger partial charge in [0.25, 0.3) is 5.91 Å². The van der Waals surface area contributed by atoms with Crippen LogP contribution in [-0.4, -0.2) is 28.9 Å². The molecule has 0 atom stereocenters. The first-order valence-electron chi connectivity index (χ1n) is 7.46. The first-order valence-corrected chi connectivity index (χ1v) is 9.48. The second kappa shape index (κ2) is 8.03. The minimum Gasteiger partial charge on any atom is -0.496 e. The van der Waals surface area contributed by atoms with Crippen molar-refractivity contribution < 1.29 is 9.53 Å². The van der Waals surface area contributed by atoms with Crippen molar-refractivity contribution >= 4 is 61.9 Å². The highest BCUT2D eigenvalue weighted by atomic mass is 79.9. The summed E-state index contributed by atoms with van der Waals surface area (Å²) >= 11 is 10.1. The van der Waals surface area contributed by atoms with Gasteiger partial charge < -0.3 is 10.1 Å². The molecule has 0 aromatic heterocycles. The summed E-state index contributed by atoms with van der Waals surface area (Å²) in [5, 5.41) is 3.21. The largest absolute Gasteiger partial charge is 0.496 e. The van der Waals surface area contributed by atoms with Gasteiger partial charge in [-0.25, -0.2) is 0 Å². The Bertz CT molecular complexity index is 837. The molecule has 7 heteroatoms. The molecule has 1 fully saturated rings. The normalized spacial score (nSPS) is 15.8. The van der Waals surface area contributed by atoms with E-state index in [1.54, 1.807) is 12.0 Å². The van der Waals surface area contributed by atoms with Gasteiger partial charge in [-0.2, -0.15) is 0 Å². The number of nitrogens with one attached hydrogen (secondary N) is 1. The number of nitrogens with zero attached hydrogens (tertiary/aromatic N) is 1. The van der Waals surface area contributed by atoms with Crippen LogP contribution in [0.2, 0.25) is 0 Å². The first-order chi connectivity index (χ1) is 12.1. The van der Waals surface area contributed by atoms with Crippen LogP contribution in [-0.2, 0) is 4.79 Å². The number of hydrogen-bond acceptors (Lipinski definition) is 5. The summed E-state index contributed by atoms with van der Waals surface area (Å²) in [6.07, 6.45) is 1.82. The molecule has 0 spiro atoms. The van der Waals surface area contributed by atoms with Crippen LogP contribution < -0.4 is 10.1 Å². The third-order valence-electron chi connectivity index (χ3n) is 3.58. The maximum Gasteiger partial charge on any atom is 0.267 e. The zero-order valence-corrected chi connectivity index (χ0v) is 16.6. The van der Waals surface area contributed by atoms with Crippen LogP contribution in [0.5, 0.6) is 5.75 Å². The Labute approximate surface area is 164 Å². The van der Waals surface area contributed by atoms with Crippen molar-refractivity contribution in [2.24, 2.45) is 0 Å². The van der Waals surface area contributed by atoms with Crippen LogP contribution in [0, 0.1) is 0 Å². The molecule has 2 aromatic rings. The van der Waals surface area contributed by atoms with Crippen molar-refractivity contribution in [3.63, 3.8) is 0 Å². The minimum absolute atomic E-state index is 0.106. The lowest BCUT2D eigenvalue weighted by Gasteiger charge is -2.16. The summed E-state index contributed by atoms with van der Waals surface area (Å²) in [6.45, 7) is 0.329. The molecule has 0 aliphatic carbocycles. The lowest BCUT2D eigenvalue weighted by Crippen LogP contribution is -2.33. The number of thioether (sulfide) groups is 1. The number of ether oxygens (including phenoxy) is 1. The number of carbonyl (C=O) groups excluding carboxylic acids is 1. The SMILES string of the molecule is COc1ccccc1/C=C1/SC(=S)N(CNc2ccc(Br)cc2)C1=O. The number of benzene rings is 2. The standard InChI is InChI=1S/C18H15BrN2O2S2/c1-23-15-5-3-2-4-12(15)10-16-17(22)21(18(24)25-16)11-20-14-8-6-13(19)7-9-14/h2-10,20H,11H2,1H3/b16-10+. The van der Waals surface area contributed by atoms with Gasteiger partial charge >= 0.3 is 0 Å². The van der Waals surface area contributed by atoms with Crippen LogP contribution in [0.25, 0.3) is 6.08 Å². The molecule has 3 rings (SSSR count). The van der Waals surface area contributed by atoms with Gasteiger partial charge in [-0.3, -0.25) is 9.69 Å². The van der Waals surface area contributed by atoms with Crippen LogP contribution in [0.15, 0.2) is 57.9 Å². The van der Waals surface area contributed by atoms with E-state index in [-0.39, 0.29) is 5.91 Å². The molecule has 1 heterocycles. The molecular weight excluding hydrogens is 420 g/mol. The van der Waals surface area contributed by atoms with E-state index in [2.05, 4.69) is 21.2 Å². The van der Waals surface area contributed by atoms with E-state index in [1.165, 1.54) is 11.8 Å². The number of para-hydroxylation sites is 1. The average molecular weight is 435 g/mol. The van der Waals surface area contributed by atoms with Crippen molar-refractivity contribution in [3.05, 3.63) is 63.5 Å². The fraction of sp³-hybridized carbons (Fsp3) is 0.111. The predicted octanol–water partition coefficient (Wildman–Crippen LogP) is 4.73. The Morgan fingerprint density at radius 3 is 2.68 bits per heavy atom. The summed E-state index contributed by atoms with van der Waals surface area (Å²) in [5.41, 5.74) is 1.78. The predicted molar refractivity (Wildman–Crippen MR) is 111 cm³/mol. The van der Waals surface area contributed by atoms with E-state index in [4.69, 9.17) is 17.0 Å². The Morgan fingerprint density at radius 1 is 1.24 bits per heavy atom. The van der Waals surface area contributed by atoms with Crippen molar-refractivity contribution in [1.29, 1.82) is 0 Å². The molecule has 1 aliphatic rings. The third-order valence-corrected chi connectivity index (χ3v) is 5.49. The number of anilines is 1. The maximum atomic E-state index is 12.7. The number of hydrogen-bond donors (Lipinski definition) is 1. The van der Waals surface area contributed by atoms with Crippen molar-refractivity contribution in [1.82, 2.24) is 4.90 Å². The lowest BCUT2D eigenvalue weighted by molar-refractivity contribution is -0.121. The maximum absolute atomic E-state index is 12.7. The summed E-state index contributed by atoms with van der Waals surface area (Å²) in [4.78, 5) is 14.8. The van der Waals surface area contributed by atoms with E-state index in [0.717, 1.165) is 21.5 Å². The smallest absolute Gasteiger partial charge is 0.267 e. The Balaban J connectivity index is 1.73. The van der Waals surface area contributed by atoms with Crippen molar-refractivity contribution in [2.45, 2.75) is 0 Å². The number of amides is 1. The molecule has 1 saturated heterocycles. The zero-order valence-electron chi connectivity index (χ0n) is 13.4. The number of thiocarbonyl (C=S) groups is 1. The van der Waals surface area contributed by atoms with E-state index >= 15 is 0 Å². The third kappa shape index (κ3) is 4.23. The fourth-order valence-corrected chi connectivity index (χ4v) is 3.81. The molecule has 0 unspecified atom stereocenters. The van der Waals surface area contributed by atoms with Gasteiger partial charge in [0.15, 0.2) is 0 Å². The summed E-state index contributed by atoms with van der Waals surface area (Å²) in [7, 11) is 1.61. The molecule has 4 nitrogen and oxygen atoms in total. The summed E-state index contributed by atoms with van der Waals surface area (Å²) in [6, 6.07) is 15.3. The quantitative estimate of drug-likeness (QED) is 0.544. The molecule has 2 aromatic carbocycles. The zero-order chi connectivity index (χ0) is 17.8. The topological polar surface area (TPSA) is 41.6 Å². The number of halogens is 1. The Kier molecular flexibility index (Phi) is 5.78.